The minimum atomic E-state index is -0.436. The first-order valence-corrected chi connectivity index (χ1v) is 6.70. The van der Waals surface area contributed by atoms with E-state index in [1.807, 2.05) is 12.1 Å². The molecule has 1 rings (SSSR count). The van der Waals surface area contributed by atoms with Gasteiger partial charge >= 0.3 is 5.97 Å². The minimum Gasteiger partial charge on any atom is -0.293 e. The number of unbranched alkanes of at least 4 members (excludes halogenated alkanes) is 3. The number of carbonyl (C=O) groups is 1. The maximum absolute atomic E-state index is 11.5. The Morgan fingerprint density at radius 1 is 1.06 bits per heavy atom. The van der Waals surface area contributed by atoms with Gasteiger partial charge in [0.15, 0.2) is 0 Å². The molecule has 1 aromatic carbocycles. The third-order valence-corrected chi connectivity index (χ3v) is 2.76. The standard InChI is InChI=1S/C15H22O3/c1-3-5-6-7-8-13-9-11-14(12-10-13)15(16)18-17-4-2/h9-12H,3-8H2,1-2H3. The maximum atomic E-state index is 11.5. The quantitative estimate of drug-likeness (QED) is 0.398. The van der Waals surface area contributed by atoms with Crippen molar-refractivity contribution in [2.45, 2.75) is 46.0 Å². The van der Waals surface area contributed by atoms with Crippen molar-refractivity contribution < 1.29 is 14.6 Å². The molecule has 0 radical (unpaired) electrons. The molecule has 0 aliphatic heterocycles. The van der Waals surface area contributed by atoms with E-state index in [0.717, 1.165) is 6.42 Å². The van der Waals surface area contributed by atoms with Gasteiger partial charge in [-0.15, -0.1) is 0 Å². The van der Waals surface area contributed by atoms with Gasteiger partial charge < -0.3 is 0 Å². The molecule has 0 unspecified atom stereocenters. The van der Waals surface area contributed by atoms with Crippen LogP contribution in [0.5, 0.6) is 0 Å². The van der Waals surface area contributed by atoms with Crippen LogP contribution in [0.4, 0.5) is 0 Å². The maximum Gasteiger partial charge on any atom is 0.373 e. The molecule has 3 heteroatoms. The average Bonchev–Trinajstić information content (AvgIpc) is 2.41. The second-order valence-corrected chi connectivity index (χ2v) is 4.28. The van der Waals surface area contributed by atoms with Crippen LogP contribution in [-0.4, -0.2) is 12.6 Å². The van der Waals surface area contributed by atoms with E-state index in [1.54, 1.807) is 19.1 Å². The van der Waals surface area contributed by atoms with Crippen LogP contribution in [0, 0.1) is 0 Å². The van der Waals surface area contributed by atoms with E-state index in [2.05, 4.69) is 16.7 Å². The first-order valence-electron chi connectivity index (χ1n) is 6.70. The highest BCUT2D eigenvalue weighted by molar-refractivity contribution is 5.88. The van der Waals surface area contributed by atoms with Gasteiger partial charge in [-0.25, -0.2) is 4.79 Å². The molecule has 0 heterocycles. The third kappa shape index (κ3) is 5.32. The molecule has 100 valence electrons. The number of rotatable bonds is 8. The zero-order valence-electron chi connectivity index (χ0n) is 11.3. The predicted molar refractivity (Wildman–Crippen MR) is 71.3 cm³/mol. The molecule has 0 saturated carbocycles. The molecule has 0 atom stereocenters. The highest BCUT2D eigenvalue weighted by atomic mass is 17.2. The van der Waals surface area contributed by atoms with Crippen LogP contribution in [0.2, 0.25) is 0 Å². The number of aryl methyl sites for hydroxylation is 1. The first kappa shape index (κ1) is 14.7. The van der Waals surface area contributed by atoms with Gasteiger partial charge in [0.25, 0.3) is 0 Å². The van der Waals surface area contributed by atoms with E-state index in [-0.39, 0.29) is 0 Å². The molecule has 0 aliphatic carbocycles. The molecule has 0 saturated heterocycles. The van der Waals surface area contributed by atoms with Crippen molar-refractivity contribution in [3.8, 4) is 0 Å². The van der Waals surface area contributed by atoms with Crippen LogP contribution in [0.15, 0.2) is 24.3 Å². The molecule has 0 bridgehead atoms. The van der Waals surface area contributed by atoms with Crippen molar-refractivity contribution >= 4 is 5.97 Å². The lowest BCUT2D eigenvalue weighted by Gasteiger charge is -2.04. The van der Waals surface area contributed by atoms with Crippen molar-refractivity contribution in [1.82, 2.24) is 0 Å². The normalized spacial score (nSPS) is 10.3. The van der Waals surface area contributed by atoms with Gasteiger partial charge in [-0.2, -0.15) is 4.89 Å². The van der Waals surface area contributed by atoms with E-state index in [9.17, 15) is 4.79 Å². The van der Waals surface area contributed by atoms with E-state index in [4.69, 9.17) is 0 Å². The highest BCUT2D eigenvalue weighted by Crippen LogP contribution is 2.10. The zero-order chi connectivity index (χ0) is 13.2. The minimum absolute atomic E-state index is 0.362. The van der Waals surface area contributed by atoms with Gasteiger partial charge in [-0.1, -0.05) is 38.3 Å². The summed E-state index contributed by atoms with van der Waals surface area (Å²) in [6, 6.07) is 7.54. The Hall–Kier alpha value is -1.35. The Labute approximate surface area is 109 Å². The van der Waals surface area contributed by atoms with Crippen molar-refractivity contribution in [1.29, 1.82) is 0 Å². The highest BCUT2D eigenvalue weighted by Gasteiger charge is 2.07. The lowest BCUT2D eigenvalue weighted by atomic mass is 10.0. The molecular formula is C15H22O3. The average molecular weight is 250 g/mol. The van der Waals surface area contributed by atoms with Gasteiger partial charge in [0.05, 0.1) is 12.2 Å². The Morgan fingerprint density at radius 2 is 1.78 bits per heavy atom. The summed E-state index contributed by atoms with van der Waals surface area (Å²) >= 11 is 0. The lowest BCUT2D eigenvalue weighted by Crippen LogP contribution is -2.05. The van der Waals surface area contributed by atoms with E-state index in [0.29, 0.717) is 12.2 Å². The van der Waals surface area contributed by atoms with Crippen LogP contribution in [-0.2, 0) is 16.2 Å². The molecule has 1 aromatic rings. The van der Waals surface area contributed by atoms with Crippen molar-refractivity contribution in [2.75, 3.05) is 6.61 Å². The Kier molecular flexibility index (Phi) is 7.11. The summed E-state index contributed by atoms with van der Waals surface area (Å²) in [6.45, 7) is 4.34. The number of carbonyl (C=O) groups excluding carboxylic acids is 1. The number of benzene rings is 1. The molecule has 0 amide bonds. The number of hydrogen-bond acceptors (Lipinski definition) is 3. The second-order valence-electron chi connectivity index (χ2n) is 4.28. The summed E-state index contributed by atoms with van der Waals surface area (Å²) in [4.78, 5) is 20.7. The largest absolute Gasteiger partial charge is 0.373 e. The fourth-order valence-electron chi connectivity index (χ4n) is 1.72. The summed E-state index contributed by atoms with van der Waals surface area (Å²) in [6.07, 6.45) is 6.09. The van der Waals surface area contributed by atoms with Crippen LogP contribution in [0.3, 0.4) is 0 Å². The fraction of sp³-hybridized carbons (Fsp3) is 0.533. The van der Waals surface area contributed by atoms with Gasteiger partial charge in [0.2, 0.25) is 0 Å². The molecule has 0 N–H and O–H groups in total. The zero-order valence-corrected chi connectivity index (χ0v) is 11.3. The number of hydrogen-bond donors (Lipinski definition) is 0. The third-order valence-electron chi connectivity index (χ3n) is 2.76. The summed E-state index contributed by atoms with van der Waals surface area (Å²) in [5.74, 6) is -0.436. The lowest BCUT2D eigenvalue weighted by molar-refractivity contribution is -0.236. The molecule has 0 aliphatic rings. The molecule has 0 aromatic heterocycles. The molecule has 3 nitrogen and oxygen atoms in total. The first-order chi connectivity index (χ1) is 8.77. The van der Waals surface area contributed by atoms with Crippen molar-refractivity contribution in [3.63, 3.8) is 0 Å². The smallest absolute Gasteiger partial charge is 0.293 e. The fourth-order valence-corrected chi connectivity index (χ4v) is 1.72. The van der Waals surface area contributed by atoms with Crippen LogP contribution < -0.4 is 0 Å². The second kappa shape index (κ2) is 8.70. The Morgan fingerprint density at radius 3 is 2.39 bits per heavy atom. The van der Waals surface area contributed by atoms with Gasteiger partial charge in [-0.05, 0) is 37.5 Å². The molecule has 0 spiro atoms. The topological polar surface area (TPSA) is 35.5 Å². The molecule has 18 heavy (non-hydrogen) atoms. The monoisotopic (exact) mass is 250 g/mol. The van der Waals surface area contributed by atoms with E-state index >= 15 is 0 Å². The van der Waals surface area contributed by atoms with E-state index < -0.39 is 5.97 Å². The van der Waals surface area contributed by atoms with Crippen LogP contribution >= 0.6 is 0 Å². The van der Waals surface area contributed by atoms with Gasteiger partial charge in [0, 0.05) is 0 Å². The summed E-state index contributed by atoms with van der Waals surface area (Å²) < 4.78 is 0. The van der Waals surface area contributed by atoms with Crippen LogP contribution in [0.1, 0.15) is 55.5 Å². The van der Waals surface area contributed by atoms with Gasteiger partial charge in [0.1, 0.15) is 0 Å². The SMILES string of the molecule is CCCCCCc1ccc(C(=O)OOCC)cc1. The van der Waals surface area contributed by atoms with Gasteiger partial charge in [-0.3, -0.25) is 4.89 Å². The van der Waals surface area contributed by atoms with Crippen molar-refractivity contribution in [2.24, 2.45) is 0 Å². The van der Waals surface area contributed by atoms with Crippen molar-refractivity contribution in [3.05, 3.63) is 35.4 Å². The summed E-state index contributed by atoms with van der Waals surface area (Å²) in [5.41, 5.74) is 1.79. The molecular weight excluding hydrogens is 228 g/mol. The summed E-state index contributed by atoms with van der Waals surface area (Å²) in [5, 5.41) is 0. The Bertz CT molecular complexity index is 343. The van der Waals surface area contributed by atoms with Crippen LogP contribution in [0.25, 0.3) is 0 Å². The predicted octanol–water partition coefficient (Wildman–Crippen LogP) is 3.92. The van der Waals surface area contributed by atoms with E-state index in [1.165, 1.54) is 31.2 Å². The summed E-state index contributed by atoms with van der Waals surface area (Å²) in [7, 11) is 0. The molecule has 0 fully saturated rings. The Balaban J connectivity index is 2.39.